The van der Waals surface area contributed by atoms with E-state index < -0.39 is 0 Å². The smallest absolute Gasteiger partial charge is 0.0629 e. The Morgan fingerprint density at radius 3 is 2.52 bits per heavy atom. The van der Waals surface area contributed by atoms with Crippen LogP contribution in [0, 0.1) is 0 Å². The summed E-state index contributed by atoms with van der Waals surface area (Å²) in [6, 6.07) is 14.1. The highest BCUT2D eigenvalue weighted by Gasteiger charge is 2.28. The third kappa shape index (κ3) is 3.04. The summed E-state index contributed by atoms with van der Waals surface area (Å²) in [5.41, 5.74) is 5.50. The molecule has 3 rings (SSSR count). The van der Waals surface area contributed by atoms with Crippen LogP contribution in [0.1, 0.15) is 31.9 Å². The van der Waals surface area contributed by atoms with E-state index in [9.17, 15) is 0 Å². The first-order valence-electron chi connectivity index (χ1n) is 7.75. The average molecular weight is 325 g/mol. The summed E-state index contributed by atoms with van der Waals surface area (Å²) < 4.78 is 0. The van der Waals surface area contributed by atoms with Crippen LogP contribution in [-0.4, -0.2) is 18.8 Å². The molecule has 2 aromatic carbocycles. The standard InChI is InChI=1S/C20H21ClN2/c1-14-12-20(2,3)23(4)19-11-18(21)15(10-17(14)19)13-22-16-8-6-5-7-9-16/h5-13H,1-4H3. The number of rotatable bonds is 2. The molecule has 1 aliphatic heterocycles. The molecule has 2 nitrogen and oxygen atoms in total. The van der Waals surface area contributed by atoms with Crippen LogP contribution in [0.2, 0.25) is 5.02 Å². The number of likely N-dealkylation sites (N-methyl/N-ethyl adjacent to an activating group) is 1. The molecule has 0 radical (unpaired) electrons. The molecule has 0 unspecified atom stereocenters. The van der Waals surface area contributed by atoms with Crippen LogP contribution >= 0.6 is 11.6 Å². The summed E-state index contributed by atoms with van der Waals surface area (Å²) in [5, 5.41) is 0.723. The lowest BCUT2D eigenvalue weighted by Crippen LogP contribution is -2.42. The van der Waals surface area contributed by atoms with Crippen molar-refractivity contribution in [1.82, 2.24) is 0 Å². The normalized spacial score (nSPS) is 16.4. The molecule has 0 bridgehead atoms. The third-order valence-electron chi connectivity index (χ3n) is 4.44. The highest BCUT2D eigenvalue weighted by molar-refractivity contribution is 6.33. The fourth-order valence-corrected chi connectivity index (χ4v) is 3.15. The number of anilines is 1. The molecular formula is C20H21ClN2. The van der Waals surface area contributed by atoms with Gasteiger partial charge in [-0.2, -0.15) is 0 Å². The van der Waals surface area contributed by atoms with Crippen molar-refractivity contribution in [3.05, 3.63) is 64.7 Å². The Morgan fingerprint density at radius 1 is 1.13 bits per heavy atom. The van der Waals surface area contributed by atoms with Gasteiger partial charge in [0, 0.05) is 30.1 Å². The molecule has 0 spiro atoms. The van der Waals surface area contributed by atoms with Crippen molar-refractivity contribution in [2.45, 2.75) is 26.3 Å². The van der Waals surface area contributed by atoms with E-state index in [1.54, 1.807) is 0 Å². The predicted octanol–water partition coefficient (Wildman–Crippen LogP) is 5.72. The number of benzene rings is 2. The van der Waals surface area contributed by atoms with Crippen LogP contribution in [0.3, 0.4) is 0 Å². The highest BCUT2D eigenvalue weighted by Crippen LogP contribution is 2.40. The molecule has 23 heavy (non-hydrogen) atoms. The topological polar surface area (TPSA) is 15.6 Å². The van der Waals surface area contributed by atoms with Crippen molar-refractivity contribution < 1.29 is 0 Å². The zero-order valence-electron chi connectivity index (χ0n) is 14.0. The number of aliphatic imine (C=N–C) groups is 1. The van der Waals surface area contributed by atoms with Crippen molar-refractivity contribution in [3.8, 4) is 0 Å². The zero-order valence-corrected chi connectivity index (χ0v) is 14.7. The summed E-state index contributed by atoms with van der Waals surface area (Å²) >= 11 is 6.50. The molecule has 0 atom stereocenters. The zero-order chi connectivity index (χ0) is 16.6. The van der Waals surface area contributed by atoms with Crippen molar-refractivity contribution in [1.29, 1.82) is 0 Å². The van der Waals surface area contributed by atoms with Gasteiger partial charge in [-0.15, -0.1) is 0 Å². The van der Waals surface area contributed by atoms with Crippen molar-refractivity contribution in [2.75, 3.05) is 11.9 Å². The molecule has 0 fully saturated rings. The van der Waals surface area contributed by atoms with Crippen LogP contribution in [-0.2, 0) is 0 Å². The molecule has 118 valence electrons. The number of allylic oxidation sites excluding steroid dienone is 1. The third-order valence-corrected chi connectivity index (χ3v) is 4.77. The lowest BCUT2D eigenvalue weighted by molar-refractivity contribution is 0.598. The van der Waals surface area contributed by atoms with Gasteiger partial charge in [-0.25, -0.2) is 0 Å². The van der Waals surface area contributed by atoms with E-state index in [1.807, 2.05) is 42.6 Å². The number of halogens is 1. The van der Waals surface area contributed by atoms with Gasteiger partial charge in [0.1, 0.15) is 0 Å². The summed E-state index contributed by atoms with van der Waals surface area (Å²) in [7, 11) is 2.11. The molecule has 1 heterocycles. The van der Waals surface area contributed by atoms with Gasteiger partial charge < -0.3 is 4.90 Å². The Labute approximate surface area is 143 Å². The van der Waals surface area contributed by atoms with Gasteiger partial charge in [-0.3, -0.25) is 4.99 Å². The van der Waals surface area contributed by atoms with Crippen LogP contribution in [0.5, 0.6) is 0 Å². The largest absolute Gasteiger partial charge is 0.365 e. The minimum atomic E-state index is -0.0138. The second-order valence-electron chi connectivity index (χ2n) is 6.52. The maximum Gasteiger partial charge on any atom is 0.0629 e. The lowest BCUT2D eigenvalue weighted by Gasteiger charge is -2.40. The Hall–Kier alpha value is -2.06. The first-order chi connectivity index (χ1) is 10.9. The number of hydrogen-bond donors (Lipinski definition) is 0. The van der Waals surface area contributed by atoms with E-state index in [2.05, 4.69) is 49.9 Å². The van der Waals surface area contributed by atoms with Crippen molar-refractivity contribution >= 4 is 34.8 Å². The van der Waals surface area contributed by atoms with E-state index >= 15 is 0 Å². The maximum absolute atomic E-state index is 6.50. The molecule has 0 aliphatic carbocycles. The van der Waals surface area contributed by atoms with Crippen LogP contribution in [0.15, 0.2) is 53.5 Å². The highest BCUT2D eigenvalue weighted by atomic mass is 35.5. The number of nitrogens with zero attached hydrogens (tertiary/aromatic N) is 2. The van der Waals surface area contributed by atoms with Crippen LogP contribution in [0.4, 0.5) is 11.4 Å². The van der Waals surface area contributed by atoms with Crippen LogP contribution < -0.4 is 4.90 Å². The predicted molar refractivity (Wildman–Crippen MR) is 101 cm³/mol. The summed E-state index contributed by atoms with van der Waals surface area (Å²) in [4.78, 5) is 6.78. The fourth-order valence-electron chi connectivity index (χ4n) is 2.94. The second-order valence-corrected chi connectivity index (χ2v) is 6.93. The van der Waals surface area contributed by atoms with Gasteiger partial charge in [0.2, 0.25) is 0 Å². The minimum Gasteiger partial charge on any atom is -0.365 e. The average Bonchev–Trinajstić information content (AvgIpc) is 2.52. The molecular weight excluding hydrogens is 304 g/mol. The van der Waals surface area contributed by atoms with Gasteiger partial charge in [-0.1, -0.05) is 35.9 Å². The summed E-state index contributed by atoms with van der Waals surface area (Å²) in [6.07, 6.45) is 4.13. The molecule has 0 saturated heterocycles. The second kappa shape index (κ2) is 5.86. The molecule has 0 amide bonds. The molecule has 2 aromatic rings. The molecule has 0 saturated carbocycles. The van der Waals surface area contributed by atoms with Gasteiger partial charge >= 0.3 is 0 Å². The van der Waals surface area contributed by atoms with Crippen molar-refractivity contribution in [3.63, 3.8) is 0 Å². The Bertz CT molecular complexity index is 789. The summed E-state index contributed by atoms with van der Waals surface area (Å²) in [5.74, 6) is 0. The van der Waals surface area contributed by atoms with E-state index in [0.29, 0.717) is 0 Å². The monoisotopic (exact) mass is 324 g/mol. The summed E-state index contributed by atoms with van der Waals surface area (Å²) in [6.45, 7) is 6.57. The van der Waals surface area contributed by atoms with Gasteiger partial charge in [0.15, 0.2) is 0 Å². The fraction of sp³-hybridized carbons (Fsp3) is 0.250. The molecule has 0 N–H and O–H groups in total. The lowest BCUT2D eigenvalue weighted by atomic mass is 9.88. The first-order valence-corrected chi connectivity index (χ1v) is 8.12. The molecule has 1 aliphatic rings. The quantitative estimate of drug-likeness (QED) is 0.645. The van der Waals surface area contributed by atoms with E-state index in [-0.39, 0.29) is 5.54 Å². The molecule has 3 heteroatoms. The van der Waals surface area contributed by atoms with Gasteiger partial charge in [0.25, 0.3) is 0 Å². The maximum atomic E-state index is 6.50. The van der Waals surface area contributed by atoms with E-state index in [4.69, 9.17) is 11.6 Å². The SMILES string of the molecule is CC1=CC(C)(C)N(C)c2cc(Cl)c(C=Nc3ccccc3)cc21. The Balaban J connectivity index is 2.03. The molecule has 0 aromatic heterocycles. The Morgan fingerprint density at radius 2 is 1.83 bits per heavy atom. The van der Waals surface area contributed by atoms with E-state index in [1.165, 1.54) is 11.1 Å². The number of hydrogen-bond acceptors (Lipinski definition) is 2. The first kappa shape index (κ1) is 15.8. The van der Waals surface area contributed by atoms with E-state index in [0.717, 1.165) is 22.0 Å². The number of para-hydroxylation sites is 1. The van der Waals surface area contributed by atoms with Gasteiger partial charge in [-0.05, 0) is 50.6 Å². The van der Waals surface area contributed by atoms with Crippen LogP contribution in [0.25, 0.3) is 5.57 Å². The van der Waals surface area contributed by atoms with Gasteiger partial charge in [0.05, 0.1) is 16.2 Å². The number of fused-ring (bicyclic) bond motifs is 1. The minimum absolute atomic E-state index is 0.0138. The Kier molecular flexibility index (Phi) is 4.03. The van der Waals surface area contributed by atoms with Crippen molar-refractivity contribution in [2.24, 2.45) is 4.99 Å².